The minimum atomic E-state index is 0.330. The largest absolute Gasteiger partial charge is 0.494 e. The molecule has 0 aliphatic carbocycles. The Balaban J connectivity index is 1.61. The first-order valence-electron chi connectivity index (χ1n) is 7.41. The lowest BCUT2D eigenvalue weighted by Crippen LogP contribution is -2.50. The molecule has 1 N–H and O–H groups in total. The van der Waals surface area contributed by atoms with E-state index >= 15 is 0 Å². The number of piperidine rings is 1. The lowest BCUT2D eigenvalue weighted by molar-refractivity contribution is 0.144. The van der Waals surface area contributed by atoms with Crippen molar-refractivity contribution in [3.05, 3.63) is 29.3 Å². The molecule has 3 nitrogen and oxygen atoms in total. The highest BCUT2D eigenvalue weighted by molar-refractivity contribution is 6.30. The first kappa shape index (κ1) is 15.6. The third kappa shape index (κ3) is 4.65. The quantitative estimate of drug-likeness (QED) is 0.816. The van der Waals surface area contributed by atoms with E-state index in [0.717, 1.165) is 30.3 Å². The number of likely N-dealkylation sites (tertiary alicyclic amines) is 1. The molecule has 1 saturated heterocycles. The molecule has 0 atom stereocenters. The normalized spacial score (nSPS) is 18.9. The molecule has 1 aromatic carbocycles. The van der Waals surface area contributed by atoms with E-state index in [9.17, 15) is 0 Å². The molecule has 2 rings (SSSR count). The van der Waals surface area contributed by atoms with E-state index in [1.165, 1.54) is 25.9 Å². The van der Waals surface area contributed by atoms with Crippen LogP contribution in [-0.2, 0) is 0 Å². The predicted octanol–water partition coefficient (Wildman–Crippen LogP) is 3.18. The van der Waals surface area contributed by atoms with Gasteiger partial charge in [-0.2, -0.15) is 0 Å². The van der Waals surface area contributed by atoms with Crippen molar-refractivity contribution in [2.24, 2.45) is 0 Å². The average Bonchev–Trinajstić information content (AvgIpc) is 2.47. The Morgan fingerprint density at radius 1 is 1.25 bits per heavy atom. The van der Waals surface area contributed by atoms with Crippen molar-refractivity contribution in [3.8, 4) is 5.75 Å². The van der Waals surface area contributed by atoms with Crippen molar-refractivity contribution in [3.63, 3.8) is 0 Å². The standard InChI is InChI=1S/C16H25ClN2O/c1-16(18-2)8-11-19(12-9-16)10-3-13-20-15-6-4-14(17)5-7-15/h4-7,18H,3,8-13H2,1-2H3. The Hall–Kier alpha value is -0.770. The first-order valence-corrected chi connectivity index (χ1v) is 7.79. The molecule has 1 aliphatic heterocycles. The van der Waals surface area contributed by atoms with Crippen LogP contribution >= 0.6 is 11.6 Å². The van der Waals surface area contributed by atoms with E-state index in [4.69, 9.17) is 16.3 Å². The highest BCUT2D eigenvalue weighted by atomic mass is 35.5. The summed E-state index contributed by atoms with van der Waals surface area (Å²) in [6, 6.07) is 7.56. The van der Waals surface area contributed by atoms with Gasteiger partial charge in [-0.1, -0.05) is 11.6 Å². The maximum Gasteiger partial charge on any atom is 0.119 e. The van der Waals surface area contributed by atoms with Gasteiger partial charge in [0, 0.05) is 17.1 Å². The second-order valence-electron chi connectivity index (χ2n) is 5.81. The maximum absolute atomic E-state index is 5.84. The number of ether oxygens (including phenoxy) is 1. The van der Waals surface area contributed by atoms with E-state index < -0.39 is 0 Å². The van der Waals surface area contributed by atoms with Gasteiger partial charge in [-0.05, 0) is 70.6 Å². The zero-order chi connectivity index (χ0) is 14.4. The molecule has 0 unspecified atom stereocenters. The maximum atomic E-state index is 5.84. The summed E-state index contributed by atoms with van der Waals surface area (Å²) in [7, 11) is 2.07. The second-order valence-corrected chi connectivity index (χ2v) is 6.24. The number of rotatable bonds is 6. The van der Waals surface area contributed by atoms with E-state index in [1.54, 1.807) is 0 Å². The first-order chi connectivity index (χ1) is 9.61. The topological polar surface area (TPSA) is 24.5 Å². The molecule has 1 heterocycles. The van der Waals surface area contributed by atoms with Gasteiger partial charge in [0.05, 0.1) is 6.61 Å². The predicted molar refractivity (Wildman–Crippen MR) is 84.7 cm³/mol. The second kappa shape index (κ2) is 7.30. The van der Waals surface area contributed by atoms with Gasteiger partial charge < -0.3 is 15.0 Å². The lowest BCUT2D eigenvalue weighted by Gasteiger charge is -2.39. The Labute approximate surface area is 127 Å². The fourth-order valence-electron chi connectivity index (χ4n) is 2.53. The van der Waals surface area contributed by atoms with Crippen molar-refractivity contribution >= 4 is 11.6 Å². The van der Waals surface area contributed by atoms with Crippen LogP contribution in [0.25, 0.3) is 0 Å². The lowest BCUT2D eigenvalue weighted by atomic mass is 9.90. The number of nitrogens with zero attached hydrogens (tertiary/aromatic N) is 1. The van der Waals surface area contributed by atoms with Crippen molar-refractivity contribution in [2.75, 3.05) is 33.3 Å². The van der Waals surface area contributed by atoms with Crippen LogP contribution in [0.2, 0.25) is 5.02 Å². The third-order valence-corrected chi connectivity index (χ3v) is 4.52. The van der Waals surface area contributed by atoms with Crippen LogP contribution in [0.1, 0.15) is 26.2 Å². The summed E-state index contributed by atoms with van der Waals surface area (Å²) >= 11 is 5.84. The van der Waals surface area contributed by atoms with Crippen LogP contribution in [0.3, 0.4) is 0 Å². The summed E-state index contributed by atoms with van der Waals surface area (Å²) in [6.07, 6.45) is 3.52. The van der Waals surface area contributed by atoms with Crippen molar-refractivity contribution in [2.45, 2.75) is 31.7 Å². The number of hydrogen-bond acceptors (Lipinski definition) is 3. The Morgan fingerprint density at radius 2 is 1.90 bits per heavy atom. The summed E-state index contributed by atoms with van der Waals surface area (Å²) in [5.74, 6) is 0.899. The highest BCUT2D eigenvalue weighted by Crippen LogP contribution is 2.21. The van der Waals surface area contributed by atoms with Gasteiger partial charge in [-0.15, -0.1) is 0 Å². The fraction of sp³-hybridized carbons (Fsp3) is 0.625. The van der Waals surface area contributed by atoms with E-state index in [2.05, 4.69) is 24.2 Å². The molecule has 0 amide bonds. The number of hydrogen-bond donors (Lipinski definition) is 1. The van der Waals surface area contributed by atoms with Crippen molar-refractivity contribution < 1.29 is 4.74 Å². The summed E-state index contributed by atoms with van der Waals surface area (Å²) < 4.78 is 5.72. The zero-order valence-corrected chi connectivity index (χ0v) is 13.2. The molecular weight excluding hydrogens is 272 g/mol. The van der Waals surface area contributed by atoms with Gasteiger partial charge in [0.1, 0.15) is 5.75 Å². The molecule has 0 aromatic heterocycles. The summed E-state index contributed by atoms with van der Waals surface area (Å²) in [6.45, 7) is 6.55. The Kier molecular flexibility index (Phi) is 5.70. The summed E-state index contributed by atoms with van der Waals surface area (Å²) in [4.78, 5) is 2.53. The van der Waals surface area contributed by atoms with Gasteiger partial charge in [0.15, 0.2) is 0 Å². The van der Waals surface area contributed by atoms with E-state index in [0.29, 0.717) is 5.54 Å². The number of benzene rings is 1. The molecule has 1 aliphatic rings. The van der Waals surface area contributed by atoms with E-state index in [1.807, 2.05) is 24.3 Å². The van der Waals surface area contributed by atoms with Crippen molar-refractivity contribution in [1.29, 1.82) is 0 Å². The minimum Gasteiger partial charge on any atom is -0.494 e. The molecule has 0 spiro atoms. The molecule has 0 saturated carbocycles. The number of halogens is 1. The molecule has 0 radical (unpaired) electrons. The summed E-state index contributed by atoms with van der Waals surface area (Å²) in [5, 5.41) is 4.18. The minimum absolute atomic E-state index is 0.330. The average molecular weight is 297 g/mol. The van der Waals surface area contributed by atoms with E-state index in [-0.39, 0.29) is 0 Å². The highest BCUT2D eigenvalue weighted by Gasteiger charge is 2.27. The summed E-state index contributed by atoms with van der Waals surface area (Å²) in [5.41, 5.74) is 0.330. The van der Waals surface area contributed by atoms with Crippen LogP contribution in [0.5, 0.6) is 5.75 Å². The molecule has 1 aromatic rings. The van der Waals surface area contributed by atoms with Gasteiger partial charge in [-0.25, -0.2) is 0 Å². The van der Waals surface area contributed by atoms with Gasteiger partial charge in [0.25, 0.3) is 0 Å². The molecule has 0 bridgehead atoms. The Bertz CT molecular complexity index is 399. The fourth-order valence-corrected chi connectivity index (χ4v) is 2.66. The van der Waals surface area contributed by atoms with Crippen LogP contribution < -0.4 is 10.1 Å². The molecule has 20 heavy (non-hydrogen) atoms. The monoisotopic (exact) mass is 296 g/mol. The SMILES string of the molecule is CNC1(C)CCN(CCCOc2ccc(Cl)cc2)CC1. The van der Waals surface area contributed by atoms with Crippen LogP contribution in [0.15, 0.2) is 24.3 Å². The molecular formula is C16H25ClN2O. The van der Waals surface area contributed by atoms with Gasteiger partial charge in [0.2, 0.25) is 0 Å². The van der Waals surface area contributed by atoms with Crippen LogP contribution in [0, 0.1) is 0 Å². The van der Waals surface area contributed by atoms with Crippen molar-refractivity contribution in [1.82, 2.24) is 10.2 Å². The Morgan fingerprint density at radius 3 is 2.50 bits per heavy atom. The van der Waals surface area contributed by atoms with Gasteiger partial charge >= 0.3 is 0 Å². The molecule has 4 heteroatoms. The number of nitrogens with one attached hydrogen (secondary N) is 1. The molecule has 112 valence electrons. The van der Waals surface area contributed by atoms with Gasteiger partial charge in [-0.3, -0.25) is 0 Å². The molecule has 1 fully saturated rings. The smallest absolute Gasteiger partial charge is 0.119 e. The van der Waals surface area contributed by atoms with Crippen LogP contribution in [-0.4, -0.2) is 43.7 Å². The van der Waals surface area contributed by atoms with Crippen LogP contribution in [0.4, 0.5) is 0 Å². The third-order valence-electron chi connectivity index (χ3n) is 4.26. The zero-order valence-electron chi connectivity index (χ0n) is 12.5.